The molecule has 3 aromatic rings. The van der Waals surface area contributed by atoms with Crippen molar-refractivity contribution in [1.29, 1.82) is 0 Å². The summed E-state index contributed by atoms with van der Waals surface area (Å²) in [6.45, 7) is 0. The number of hydrogen-bond donors (Lipinski definition) is 0. The van der Waals surface area contributed by atoms with Crippen LogP contribution in [0.1, 0.15) is 11.1 Å². The minimum Gasteiger partial charge on any atom is -0.497 e. The van der Waals surface area contributed by atoms with Gasteiger partial charge in [0.25, 0.3) is 0 Å². The number of rotatable bonds is 3. The number of hydrogen-bond acceptors (Lipinski definition) is 1. The summed E-state index contributed by atoms with van der Waals surface area (Å²) in [5.41, 5.74) is 3.61. The van der Waals surface area contributed by atoms with Gasteiger partial charge in [-0.15, -0.1) is 0 Å². The molecule has 2 heteroatoms. The van der Waals surface area contributed by atoms with E-state index in [-0.39, 0.29) is 0 Å². The van der Waals surface area contributed by atoms with Crippen molar-refractivity contribution in [3.63, 3.8) is 0 Å². The first-order valence-corrected chi connectivity index (χ1v) is 6.97. The minimum absolute atomic E-state index is 0.879. The molecule has 0 spiro atoms. The lowest BCUT2D eigenvalue weighted by Crippen LogP contribution is -2.28. The van der Waals surface area contributed by atoms with Gasteiger partial charge in [0.1, 0.15) is 12.8 Å². The molecule has 0 unspecified atom stereocenters. The van der Waals surface area contributed by atoms with Gasteiger partial charge in [0.15, 0.2) is 6.20 Å². The van der Waals surface area contributed by atoms with E-state index in [1.54, 1.807) is 7.11 Å². The Kier molecular flexibility index (Phi) is 3.69. The number of benzene rings is 2. The highest BCUT2D eigenvalue weighted by Crippen LogP contribution is 2.18. The second-order valence-electron chi connectivity index (χ2n) is 5.01. The van der Waals surface area contributed by atoms with E-state index in [9.17, 15) is 0 Å². The van der Waals surface area contributed by atoms with Gasteiger partial charge in [-0.2, -0.15) is 0 Å². The first-order valence-electron chi connectivity index (χ1n) is 6.97. The molecule has 2 nitrogen and oxygen atoms in total. The van der Waals surface area contributed by atoms with Gasteiger partial charge < -0.3 is 4.74 Å². The summed E-state index contributed by atoms with van der Waals surface area (Å²) in [4.78, 5) is 0. The van der Waals surface area contributed by atoms with Gasteiger partial charge in [-0.25, -0.2) is 4.57 Å². The van der Waals surface area contributed by atoms with Gasteiger partial charge in [0.2, 0.25) is 5.52 Å². The van der Waals surface area contributed by atoms with Gasteiger partial charge >= 0.3 is 0 Å². The lowest BCUT2D eigenvalue weighted by atomic mass is 10.1. The third kappa shape index (κ3) is 2.79. The molecular weight excluding hydrogens is 258 g/mol. The maximum Gasteiger partial charge on any atom is 0.212 e. The van der Waals surface area contributed by atoms with E-state index in [2.05, 4.69) is 72.4 Å². The highest BCUT2D eigenvalue weighted by Gasteiger charge is 2.06. The standard InChI is InChI=1S/C19H18NO/c1-20-14-13-16(18-5-3-4-6-19(18)20)10-7-15-8-11-17(21-2)12-9-15/h3-14H,1-2H3/q+1/b10-7+. The number of nitrogens with zero attached hydrogens (tertiary/aromatic N) is 1. The molecule has 0 aliphatic rings. The third-order valence-corrected chi connectivity index (χ3v) is 3.64. The van der Waals surface area contributed by atoms with E-state index in [1.165, 1.54) is 16.5 Å². The smallest absolute Gasteiger partial charge is 0.212 e. The van der Waals surface area contributed by atoms with Crippen LogP contribution in [-0.4, -0.2) is 7.11 Å². The molecule has 1 aromatic heterocycles. The van der Waals surface area contributed by atoms with Crippen molar-refractivity contribution < 1.29 is 9.30 Å². The molecule has 2 aromatic carbocycles. The quantitative estimate of drug-likeness (QED) is 0.662. The molecule has 0 atom stereocenters. The van der Waals surface area contributed by atoms with Crippen molar-refractivity contribution in [2.24, 2.45) is 7.05 Å². The maximum atomic E-state index is 5.18. The predicted octanol–water partition coefficient (Wildman–Crippen LogP) is 3.84. The van der Waals surface area contributed by atoms with Gasteiger partial charge in [-0.3, -0.25) is 0 Å². The Morgan fingerprint density at radius 3 is 2.43 bits per heavy atom. The number of aromatic nitrogens is 1. The molecule has 0 fully saturated rings. The van der Waals surface area contributed by atoms with Gasteiger partial charge in [-0.05, 0) is 29.3 Å². The van der Waals surface area contributed by atoms with Crippen molar-refractivity contribution in [2.75, 3.05) is 7.11 Å². The zero-order valence-electron chi connectivity index (χ0n) is 12.3. The number of fused-ring (bicyclic) bond motifs is 1. The summed E-state index contributed by atoms with van der Waals surface area (Å²) < 4.78 is 7.31. The lowest BCUT2D eigenvalue weighted by molar-refractivity contribution is -0.644. The van der Waals surface area contributed by atoms with Crippen LogP contribution in [0.25, 0.3) is 23.1 Å². The van der Waals surface area contributed by atoms with Crippen molar-refractivity contribution in [3.8, 4) is 5.75 Å². The van der Waals surface area contributed by atoms with E-state index >= 15 is 0 Å². The highest BCUT2D eigenvalue weighted by molar-refractivity contribution is 5.88. The molecule has 0 N–H and O–H groups in total. The van der Waals surface area contributed by atoms with Crippen LogP contribution in [-0.2, 0) is 7.05 Å². The SMILES string of the molecule is COc1ccc(/C=C/c2cc[n+](C)c3ccccc23)cc1. The summed E-state index contributed by atoms with van der Waals surface area (Å²) in [7, 11) is 3.75. The first kappa shape index (κ1) is 13.4. The largest absolute Gasteiger partial charge is 0.497 e. The van der Waals surface area contributed by atoms with Crippen LogP contribution in [0.2, 0.25) is 0 Å². The number of ether oxygens (including phenoxy) is 1. The zero-order chi connectivity index (χ0) is 14.7. The second-order valence-corrected chi connectivity index (χ2v) is 5.01. The zero-order valence-corrected chi connectivity index (χ0v) is 12.3. The lowest BCUT2D eigenvalue weighted by Gasteiger charge is -2.01. The molecule has 0 radical (unpaired) electrons. The fourth-order valence-corrected chi connectivity index (χ4v) is 2.43. The van der Waals surface area contributed by atoms with Crippen LogP contribution in [0.4, 0.5) is 0 Å². The van der Waals surface area contributed by atoms with E-state index in [1.807, 2.05) is 12.1 Å². The van der Waals surface area contributed by atoms with Crippen molar-refractivity contribution in [1.82, 2.24) is 0 Å². The van der Waals surface area contributed by atoms with E-state index < -0.39 is 0 Å². The molecule has 0 aliphatic heterocycles. The molecule has 0 amide bonds. The van der Waals surface area contributed by atoms with Crippen LogP contribution in [0, 0.1) is 0 Å². The topological polar surface area (TPSA) is 13.1 Å². The number of pyridine rings is 1. The normalized spacial score (nSPS) is 11.1. The molecule has 104 valence electrons. The van der Waals surface area contributed by atoms with E-state index in [4.69, 9.17) is 4.74 Å². The average molecular weight is 276 g/mol. The van der Waals surface area contributed by atoms with Gasteiger partial charge in [0, 0.05) is 12.1 Å². The second kappa shape index (κ2) is 5.80. The molecule has 21 heavy (non-hydrogen) atoms. The molecular formula is C19H18NO+. The Hall–Kier alpha value is -2.61. The molecule has 0 aliphatic carbocycles. The molecule has 1 heterocycles. The third-order valence-electron chi connectivity index (χ3n) is 3.64. The fourth-order valence-electron chi connectivity index (χ4n) is 2.43. The first-order chi connectivity index (χ1) is 10.3. The number of para-hydroxylation sites is 1. The number of methoxy groups -OCH3 is 1. The predicted molar refractivity (Wildman–Crippen MR) is 87.0 cm³/mol. The average Bonchev–Trinajstić information content (AvgIpc) is 2.55. The van der Waals surface area contributed by atoms with Crippen LogP contribution < -0.4 is 9.30 Å². The monoisotopic (exact) mass is 276 g/mol. The van der Waals surface area contributed by atoms with E-state index in [0.29, 0.717) is 0 Å². The fraction of sp³-hybridized carbons (Fsp3) is 0.105. The molecule has 0 bridgehead atoms. The molecule has 0 saturated heterocycles. The van der Waals surface area contributed by atoms with Crippen molar-refractivity contribution in [3.05, 3.63) is 71.9 Å². The maximum absolute atomic E-state index is 5.18. The van der Waals surface area contributed by atoms with Crippen LogP contribution in [0.5, 0.6) is 5.75 Å². The van der Waals surface area contributed by atoms with Crippen molar-refractivity contribution in [2.45, 2.75) is 0 Å². The summed E-state index contributed by atoms with van der Waals surface area (Å²) in [5, 5.41) is 1.26. The van der Waals surface area contributed by atoms with Gasteiger partial charge in [0.05, 0.1) is 12.5 Å². The van der Waals surface area contributed by atoms with Crippen LogP contribution in [0.3, 0.4) is 0 Å². The Balaban J connectivity index is 1.97. The molecule has 0 saturated carbocycles. The Bertz CT molecular complexity index is 788. The van der Waals surface area contributed by atoms with Crippen molar-refractivity contribution >= 4 is 23.1 Å². The van der Waals surface area contributed by atoms with Gasteiger partial charge in [-0.1, -0.05) is 36.4 Å². The van der Waals surface area contributed by atoms with E-state index in [0.717, 1.165) is 11.3 Å². The minimum atomic E-state index is 0.879. The summed E-state index contributed by atoms with van der Waals surface area (Å²) in [5.74, 6) is 0.879. The van der Waals surface area contributed by atoms with Crippen LogP contribution in [0.15, 0.2) is 60.8 Å². The Labute approximate surface area is 124 Å². The summed E-state index contributed by atoms with van der Waals surface area (Å²) in [6.07, 6.45) is 6.38. The Morgan fingerprint density at radius 1 is 0.905 bits per heavy atom. The summed E-state index contributed by atoms with van der Waals surface area (Å²) in [6, 6.07) is 18.6. The summed E-state index contributed by atoms with van der Waals surface area (Å²) >= 11 is 0. The number of aryl methyl sites for hydroxylation is 1. The van der Waals surface area contributed by atoms with Crippen LogP contribution >= 0.6 is 0 Å². The highest BCUT2D eigenvalue weighted by atomic mass is 16.5. The Morgan fingerprint density at radius 2 is 1.67 bits per heavy atom. The molecule has 3 rings (SSSR count).